The van der Waals surface area contributed by atoms with Gasteiger partial charge in [-0.15, -0.1) is 0 Å². The Kier molecular flexibility index (Phi) is 2.78. The van der Waals surface area contributed by atoms with Gasteiger partial charge in [-0.3, -0.25) is 4.79 Å². The predicted molar refractivity (Wildman–Crippen MR) is 59.1 cm³/mol. The third-order valence-electron chi connectivity index (χ3n) is 2.75. The van der Waals surface area contributed by atoms with Gasteiger partial charge in [-0.2, -0.15) is 5.26 Å². The molecule has 0 bridgehead atoms. The fourth-order valence-electron chi connectivity index (χ4n) is 1.92. The van der Waals surface area contributed by atoms with Gasteiger partial charge in [-0.1, -0.05) is 0 Å². The van der Waals surface area contributed by atoms with E-state index in [0.717, 1.165) is 24.2 Å². The third kappa shape index (κ3) is 1.84. The highest BCUT2D eigenvalue weighted by atomic mass is 16.5. The number of esters is 1. The van der Waals surface area contributed by atoms with Gasteiger partial charge >= 0.3 is 5.97 Å². The maximum atomic E-state index is 11.2. The first-order valence-corrected chi connectivity index (χ1v) is 5.09. The van der Waals surface area contributed by atoms with Crippen molar-refractivity contribution in [2.24, 2.45) is 0 Å². The van der Waals surface area contributed by atoms with Crippen LogP contribution in [0.4, 0.5) is 5.69 Å². The van der Waals surface area contributed by atoms with Crippen molar-refractivity contribution in [1.29, 1.82) is 5.26 Å². The van der Waals surface area contributed by atoms with E-state index in [1.807, 2.05) is 17.0 Å². The summed E-state index contributed by atoms with van der Waals surface area (Å²) in [5.41, 5.74) is 2.83. The highest BCUT2D eigenvalue weighted by Crippen LogP contribution is 2.28. The van der Waals surface area contributed by atoms with Crippen LogP contribution >= 0.6 is 0 Å². The smallest absolute Gasteiger partial charge is 0.325 e. The van der Waals surface area contributed by atoms with Gasteiger partial charge in [-0.25, -0.2) is 0 Å². The molecular formula is C12H12N2O2. The molecule has 82 valence electrons. The van der Waals surface area contributed by atoms with E-state index in [1.54, 1.807) is 6.07 Å². The van der Waals surface area contributed by atoms with Crippen LogP contribution in [-0.2, 0) is 16.0 Å². The van der Waals surface area contributed by atoms with Crippen molar-refractivity contribution >= 4 is 11.7 Å². The number of rotatable bonds is 2. The highest BCUT2D eigenvalue weighted by Gasteiger charge is 2.21. The van der Waals surface area contributed by atoms with Crippen LogP contribution in [0.3, 0.4) is 0 Å². The number of nitriles is 1. The minimum atomic E-state index is -0.239. The van der Waals surface area contributed by atoms with Crippen LogP contribution in [0.5, 0.6) is 0 Å². The molecule has 1 aliphatic rings. The zero-order valence-electron chi connectivity index (χ0n) is 9.06. The summed E-state index contributed by atoms with van der Waals surface area (Å²) in [6.07, 6.45) is 0.877. The van der Waals surface area contributed by atoms with Gasteiger partial charge < -0.3 is 9.64 Å². The van der Waals surface area contributed by atoms with Crippen molar-refractivity contribution in [2.45, 2.75) is 6.42 Å². The number of carbonyl (C=O) groups is 1. The Morgan fingerprint density at radius 3 is 3.12 bits per heavy atom. The largest absolute Gasteiger partial charge is 0.468 e. The lowest BCUT2D eigenvalue weighted by Gasteiger charge is -2.17. The maximum Gasteiger partial charge on any atom is 0.325 e. The molecule has 4 heteroatoms. The van der Waals surface area contributed by atoms with Crippen LogP contribution in [0.2, 0.25) is 0 Å². The van der Waals surface area contributed by atoms with Gasteiger partial charge in [0, 0.05) is 12.2 Å². The number of hydrogen-bond donors (Lipinski definition) is 0. The quantitative estimate of drug-likeness (QED) is 0.694. The van der Waals surface area contributed by atoms with Crippen molar-refractivity contribution in [3.05, 3.63) is 29.3 Å². The van der Waals surface area contributed by atoms with E-state index in [2.05, 4.69) is 10.8 Å². The van der Waals surface area contributed by atoms with E-state index in [-0.39, 0.29) is 12.5 Å². The summed E-state index contributed by atoms with van der Waals surface area (Å²) >= 11 is 0. The van der Waals surface area contributed by atoms with Crippen LogP contribution in [0.25, 0.3) is 0 Å². The molecule has 0 saturated heterocycles. The van der Waals surface area contributed by atoms with Crippen molar-refractivity contribution in [1.82, 2.24) is 0 Å². The average Bonchev–Trinajstić information content (AvgIpc) is 2.71. The molecule has 4 nitrogen and oxygen atoms in total. The Hall–Kier alpha value is -2.02. The molecule has 1 aromatic carbocycles. The molecule has 0 unspecified atom stereocenters. The first-order chi connectivity index (χ1) is 7.74. The van der Waals surface area contributed by atoms with Crippen LogP contribution in [0.1, 0.15) is 11.1 Å². The van der Waals surface area contributed by atoms with E-state index in [0.29, 0.717) is 5.56 Å². The second-order valence-electron chi connectivity index (χ2n) is 3.70. The van der Waals surface area contributed by atoms with E-state index in [4.69, 9.17) is 5.26 Å². The first-order valence-electron chi connectivity index (χ1n) is 5.09. The second-order valence-corrected chi connectivity index (χ2v) is 3.70. The molecule has 1 aromatic rings. The minimum absolute atomic E-state index is 0.239. The summed E-state index contributed by atoms with van der Waals surface area (Å²) in [5, 5.41) is 8.78. The van der Waals surface area contributed by atoms with Crippen LogP contribution < -0.4 is 4.90 Å². The SMILES string of the molecule is COC(=O)CN1CCc2cc(C#N)ccc21. The number of ether oxygens (including phenoxy) is 1. The molecule has 0 fully saturated rings. The number of fused-ring (bicyclic) bond motifs is 1. The third-order valence-corrected chi connectivity index (χ3v) is 2.75. The summed E-state index contributed by atoms with van der Waals surface area (Å²) in [5.74, 6) is -0.239. The molecule has 16 heavy (non-hydrogen) atoms. The summed E-state index contributed by atoms with van der Waals surface area (Å²) in [6.45, 7) is 1.08. The van der Waals surface area contributed by atoms with Gasteiger partial charge in [0.25, 0.3) is 0 Å². The topological polar surface area (TPSA) is 53.3 Å². The molecule has 1 heterocycles. The molecule has 0 spiro atoms. The molecule has 0 aromatic heterocycles. The monoisotopic (exact) mass is 216 g/mol. The van der Waals surface area contributed by atoms with Crippen LogP contribution in [-0.4, -0.2) is 26.2 Å². The van der Waals surface area contributed by atoms with Gasteiger partial charge in [0.2, 0.25) is 0 Å². The lowest BCUT2D eigenvalue weighted by atomic mass is 10.1. The van der Waals surface area contributed by atoms with E-state index in [1.165, 1.54) is 7.11 Å². The summed E-state index contributed by atoms with van der Waals surface area (Å²) < 4.78 is 4.64. The molecule has 0 atom stereocenters. The Bertz CT molecular complexity index is 463. The summed E-state index contributed by atoms with van der Waals surface area (Å²) in [7, 11) is 1.39. The van der Waals surface area contributed by atoms with Crippen molar-refractivity contribution in [2.75, 3.05) is 25.1 Å². The van der Waals surface area contributed by atoms with Gasteiger partial charge in [0.1, 0.15) is 6.54 Å². The number of nitrogens with zero attached hydrogens (tertiary/aromatic N) is 2. The van der Waals surface area contributed by atoms with E-state index in [9.17, 15) is 4.79 Å². The zero-order chi connectivity index (χ0) is 11.5. The molecule has 2 rings (SSSR count). The highest BCUT2D eigenvalue weighted by molar-refractivity contribution is 5.77. The number of methoxy groups -OCH3 is 1. The van der Waals surface area contributed by atoms with Crippen molar-refractivity contribution < 1.29 is 9.53 Å². The lowest BCUT2D eigenvalue weighted by molar-refractivity contribution is -0.138. The van der Waals surface area contributed by atoms with Crippen LogP contribution in [0.15, 0.2) is 18.2 Å². The molecule has 1 aliphatic heterocycles. The number of hydrogen-bond acceptors (Lipinski definition) is 4. The Balaban J connectivity index is 2.21. The van der Waals surface area contributed by atoms with E-state index >= 15 is 0 Å². The molecule has 0 N–H and O–H groups in total. The van der Waals surface area contributed by atoms with Crippen molar-refractivity contribution in [3.8, 4) is 6.07 Å². The Labute approximate surface area is 94.0 Å². The van der Waals surface area contributed by atoms with Gasteiger partial charge in [0.05, 0.1) is 18.7 Å². The van der Waals surface area contributed by atoms with Gasteiger partial charge in [-0.05, 0) is 30.2 Å². The maximum absolute atomic E-state index is 11.2. The Morgan fingerprint density at radius 2 is 2.44 bits per heavy atom. The lowest BCUT2D eigenvalue weighted by Crippen LogP contribution is -2.28. The number of benzene rings is 1. The fraction of sp³-hybridized carbons (Fsp3) is 0.333. The Morgan fingerprint density at radius 1 is 1.62 bits per heavy atom. The molecular weight excluding hydrogens is 204 g/mol. The molecule has 0 saturated carbocycles. The van der Waals surface area contributed by atoms with Crippen LogP contribution in [0, 0.1) is 11.3 Å². The summed E-state index contributed by atoms with van der Waals surface area (Å²) in [6, 6.07) is 7.66. The molecule has 0 aliphatic carbocycles. The normalized spacial score (nSPS) is 13.1. The molecule has 0 amide bonds. The second kappa shape index (κ2) is 4.23. The predicted octanol–water partition coefficient (Wildman–Crippen LogP) is 1.09. The van der Waals surface area contributed by atoms with E-state index < -0.39 is 0 Å². The average molecular weight is 216 g/mol. The zero-order valence-corrected chi connectivity index (χ0v) is 9.06. The summed E-state index contributed by atoms with van der Waals surface area (Å²) in [4.78, 5) is 13.2. The molecule has 0 radical (unpaired) electrons. The standard InChI is InChI=1S/C12H12N2O2/c1-16-12(15)8-14-5-4-10-6-9(7-13)2-3-11(10)14/h2-3,6H,4-5,8H2,1H3. The number of anilines is 1. The first kappa shape index (κ1) is 10.5. The minimum Gasteiger partial charge on any atom is -0.468 e. The number of carbonyl (C=O) groups excluding carboxylic acids is 1. The van der Waals surface area contributed by atoms with Crippen molar-refractivity contribution in [3.63, 3.8) is 0 Å². The fourth-order valence-corrected chi connectivity index (χ4v) is 1.92. The van der Waals surface area contributed by atoms with Gasteiger partial charge in [0.15, 0.2) is 0 Å².